The van der Waals surface area contributed by atoms with Crippen LogP contribution in [0.25, 0.3) is 0 Å². The van der Waals surface area contributed by atoms with Crippen molar-refractivity contribution >= 4 is 5.97 Å². The Hall–Kier alpha value is -0.610. The second kappa shape index (κ2) is 10.2. The van der Waals surface area contributed by atoms with Crippen molar-refractivity contribution in [1.82, 2.24) is 0 Å². The highest BCUT2D eigenvalue weighted by atomic mass is 16.7. The van der Waals surface area contributed by atoms with Crippen LogP contribution in [0.2, 0.25) is 0 Å². The minimum absolute atomic E-state index is 0.0863. The van der Waals surface area contributed by atoms with Gasteiger partial charge in [0.1, 0.15) is 0 Å². The van der Waals surface area contributed by atoms with E-state index in [0.717, 1.165) is 19.3 Å². The molecular formula is C18H34O4. The van der Waals surface area contributed by atoms with Crippen LogP contribution >= 0.6 is 0 Å². The number of carbonyl (C=O) groups is 1. The summed E-state index contributed by atoms with van der Waals surface area (Å²) in [6.45, 7) is 9.85. The lowest BCUT2D eigenvalue weighted by atomic mass is 9.85. The first-order chi connectivity index (χ1) is 10.6. The lowest BCUT2D eigenvalue weighted by Crippen LogP contribution is -2.42. The van der Waals surface area contributed by atoms with Crippen LogP contribution in [0, 0.1) is 11.8 Å². The van der Waals surface area contributed by atoms with Crippen molar-refractivity contribution in [3.8, 4) is 0 Å². The van der Waals surface area contributed by atoms with Crippen LogP contribution < -0.4 is 0 Å². The van der Waals surface area contributed by atoms with E-state index in [0.29, 0.717) is 38.1 Å². The molecule has 22 heavy (non-hydrogen) atoms. The Morgan fingerprint density at radius 2 is 1.73 bits per heavy atom. The number of ether oxygens (including phenoxy) is 3. The summed E-state index contributed by atoms with van der Waals surface area (Å²) in [5.74, 6) is 0.0307. The van der Waals surface area contributed by atoms with Crippen LogP contribution in [0.3, 0.4) is 0 Å². The van der Waals surface area contributed by atoms with Gasteiger partial charge in [0.25, 0.3) is 0 Å². The molecule has 1 rings (SSSR count). The average molecular weight is 314 g/mol. The van der Waals surface area contributed by atoms with Gasteiger partial charge < -0.3 is 14.2 Å². The van der Waals surface area contributed by atoms with Gasteiger partial charge in [-0.25, -0.2) is 0 Å². The second-order valence-corrected chi connectivity index (χ2v) is 6.09. The summed E-state index contributed by atoms with van der Waals surface area (Å²) in [6.07, 6.45) is 7.01. The molecule has 0 bridgehead atoms. The van der Waals surface area contributed by atoms with Crippen molar-refractivity contribution in [2.45, 2.75) is 78.4 Å². The number of rotatable bonds is 11. The molecule has 4 nitrogen and oxygen atoms in total. The molecule has 0 radical (unpaired) electrons. The first-order valence-electron chi connectivity index (χ1n) is 9.06. The van der Waals surface area contributed by atoms with Gasteiger partial charge in [-0.2, -0.15) is 0 Å². The fourth-order valence-corrected chi connectivity index (χ4v) is 3.77. The Kier molecular flexibility index (Phi) is 9.03. The topological polar surface area (TPSA) is 44.8 Å². The van der Waals surface area contributed by atoms with E-state index in [1.807, 2.05) is 20.8 Å². The predicted octanol–water partition coefficient (Wildman–Crippen LogP) is 4.32. The van der Waals surface area contributed by atoms with Gasteiger partial charge in [-0.1, -0.05) is 26.2 Å². The number of esters is 1. The van der Waals surface area contributed by atoms with E-state index < -0.39 is 5.79 Å². The highest BCUT2D eigenvalue weighted by Gasteiger charge is 2.50. The molecule has 1 aliphatic carbocycles. The minimum atomic E-state index is -0.492. The summed E-state index contributed by atoms with van der Waals surface area (Å²) in [4.78, 5) is 11.9. The van der Waals surface area contributed by atoms with Gasteiger partial charge in [0.05, 0.1) is 6.61 Å². The fraction of sp³-hybridized carbons (Fsp3) is 0.944. The molecule has 4 heteroatoms. The van der Waals surface area contributed by atoms with Crippen LogP contribution in [0.15, 0.2) is 0 Å². The van der Waals surface area contributed by atoms with E-state index in [1.165, 1.54) is 19.3 Å². The molecular weight excluding hydrogens is 280 g/mol. The standard InChI is InChI=1S/C18H34O4/c1-5-9-10-11-16-15(14-17(19)20-6-2)12-13-18(16,21-7-3)22-8-4/h15-16H,5-14H2,1-4H3. The van der Waals surface area contributed by atoms with Crippen molar-refractivity contribution in [2.75, 3.05) is 19.8 Å². The van der Waals surface area contributed by atoms with Gasteiger partial charge in [0.2, 0.25) is 0 Å². The summed E-state index contributed by atoms with van der Waals surface area (Å²) in [5, 5.41) is 0. The van der Waals surface area contributed by atoms with Gasteiger partial charge in [0, 0.05) is 32.0 Å². The lowest BCUT2D eigenvalue weighted by molar-refractivity contribution is -0.257. The Bertz CT molecular complexity index is 310. The SMILES string of the molecule is CCCCCC1C(CC(=O)OCC)CCC1(OCC)OCC. The van der Waals surface area contributed by atoms with Crippen LogP contribution in [0.1, 0.15) is 72.6 Å². The summed E-state index contributed by atoms with van der Waals surface area (Å²) < 4.78 is 17.3. The smallest absolute Gasteiger partial charge is 0.306 e. The molecule has 1 saturated carbocycles. The average Bonchev–Trinajstić information content (AvgIpc) is 2.79. The van der Waals surface area contributed by atoms with Crippen LogP contribution in [-0.2, 0) is 19.0 Å². The van der Waals surface area contributed by atoms with E-state index in [-0.39, 0.29) is 5.97 Å². The summed E-state index contributed by atoms with van der Waals surface area (Å²) in [7, 11) is 0. The maximum absolute atomic E-state index is 11.9. The molecule has 1 fully saturated rings. The molecule has 0 N–H and O–H groups in total. The normalized spacial score (nSPS) is 23.6. The van der Waals surface area contributed by atoms with E-state index in [2.05, 4.69) is 6.92 Å². The molecule has 130 valence electrons. The number of hydrogen-bond donors (Lipinski definition) is 0. The van der Waals surface area contributed by atoms with E-state index in [9.17, 15) is 4.79 Å². The highest BCUT2D eigenvalue weighted by molar-refractivity contribution is 5.69. The Morgan fingerprint density at radius 3 is 2.27 bits per heavy atom. The minimum Gasteiger partial charge on any atom is -0.466 e. The largest absolute Gasteiger partial charge is 0.466 e. The zero-order valence-electron chi connectivity index (χ0n) is 14.9. The first kappa shape index (κ1) is 19.4. The first-order valence-corrected chi connectivity index (χ1v) is 9.06. The van der Waals surface area contributed by atoms with Crippen molar-refractivity contribution in [1.29, 1.82) is 0 Å². The van der Waals surface area contributed by atoms with Gasteiger partial charge in [-0.15, -0.1) is 0 Å². The number of carbonyl (C=O) groups excluding carboxylic acids is 1. The number of hydrogen-bond acceptors (Lipinski definition) is 4. The fourth-order valence-electron chi connectivity index (χ4n) is 3.77. The van der Waals surface area contributed by atoms with Crippen molar-refractivity contribution in [3.63, 3.8) is 0 Å². The van der Waals surface area contributed by atoms with Gasteiger partial charge in [-0.3, -0.25) is 4.79 Å². The quantitative estimate of drug-likeness (QED) is 0.324. The predicted molar refractivity (Wildman–Crippen MR) is 87.6 cm³/mol. The van der Waals surface area contributed by atoms with Crippen LogP contribution in [0.5, 0.6) is 0 Å². The molecule has 0 heterocycles. The Labute approximate surface area is 135 Å². The Morgan fingerprint density at radius 1 is 1.05 bits per heavy atom. The monoisotopic (exact) mass is 314 g/mol. The third-order valence-electron chi connectivity index (χ3n) is 4.63. The lowest BCUT2D eigenvalue weighted by Gasteiger charge is -2.37. The molecule has 0 aromatic heterocycles. The van der Waals surface area contributed by atoms with E-state index in [1.54, 1.807) is 0 Å². The summed E-state index contributed by atoms with van der Waals surface area (Å²) in [6, 6.07) is 0. The third-order valence-corrected chi connectivity index (χ3v) is 4.63. The highest BCUT2D eigenvalue weighted by Crippen LogP contribution is 2.48. The third kappa shape index (κ3) is 5.24. The molecule has 1 aliphatic rings. The molecule has 2 atom stereocenters. The Balaban J connectivity index is 2.80. The molecule has 2 unspecified atom stereocenters. The molecule has 0 aromatic carbocycles. The van der Waals surface area contributed by atoms with Crippen LogP contribution in [-0.4, -0.2) is 31.6 Å². The summed E-state index contributed by atoms with van der Waals surface area (Å²) >= 11 is 0. The van der Waals surface area contributed by atoms with Crippen molar-refractivity contribution in [3.05, 3.63) is 0 Å². The van der Waals surface area contributed by atoms with Crippen LogP contribution in [0.4, 0.5) is 0 Å². The molecule has 0 amide bonds. The maximum atomic E-state index is 11.9. The molecule has 0 saturated heterocycles. The molecule has 0 spiro atoms. The van der Waals surface area contributed by atoms with Gasteiger partial charge in [-0.05, 0) is 39.5 Å². The summed E-state index contributed by atoms with van der Waals surface area (Å²) in [5.41, 5.74) is 0. The zero-order valence-corrected chi connectivity index (χ0v) is 14.9. The van der Waals surface area contributed by atoms with Crippen molar-refractivity contribution in [2.24, 2.45) is 11.8 Å². The second-order valence-electron chi connectivity index (χ2n) is 6.09. The van der Waals surface area contributed by atoms with Gasteiger partial charge >= 0.3 is 5.97 Å². The maximum Gasteiger partial charge on any atom is 0.306 e. The van der Waals surface area contributed by atoms with Gasteiger partial charge in [0.15, 0.2) is 5.79 Å². The molecule has 0 aromatic rings. The van der Waals surface area contributed by atoms with E-state index >= 15 is 0 Å². The van der Waals surface area contributed by atoms with E-state index in [4.69, 9.17) is 14.2 Å². The number of unbranched alkanes of at least 4 members (excludes halogenated alkanes) is 2. The zero-order chi connectivity index (χ0) is 16.4. The molecule has 0 aliphatic heterocycles. The van der Waals surface area contributed by atoms with Crippen molar-refractivity contribution < 1.29 is 19.0 Å².